The number of nitrogens with zero attached hydrogens (tertiary/aromatic N) is 2. The van der Waals surface area contributed by atoms with Crippen LogP contribution in [0.25, 0.3) is 22.3 Å². The smallest absolute Gasteiger partial charge is 0.248 e. The van der Waals surface area contributed by atoms with Crippen molar-refractivity contribution in [1.29, 1.82) is 0 Å². The van der Waals surface area contributed by atoms with Gasteiger partial charge >= 0.3 is 0 Å². The van der Waals surface area contributed by atoms with Crippen molar-refractivity contribution in [3.8, 4) is 11.4 Å². The molecule has 2 aromatic heterocycles. The molecule has 2 heterocycles. The Hall–Kier alpha value is -2.20. The van der Waals surface area contributed by atoms with E-state index < -0.39 is 0 Å². The van der Waals surface area contributed by atoms with E-state index in [1.807, 2.05) is 0 Å². The Labute approximate surface area is 107 Å². The van der Waals surface area contributed by atoms with Gasteiger partial charge in [0, 0.05) is 34.4 Å². The third-order valence-electron chi connectivity index (χ3n) is 2.61. The maximum Gasteiger partial charge on any atom is 0.248 e. The molecule has 0 aliphatic rings. The standard InChI is InChI=1S/C13H8ClN3O/c14-8-6-10(13-15-4-1-5-16-13)9-2-3-12(18)17-11(9)7-8/h1-7H,(H,17,18). The molecule has 18 heavy (non-hydrogen) atoms. The number of nitrogens with one attached hydrogen (secondary N) is 1. The van der Waals surface area contributed by atoms with Crippen LogP contribution in [0.3, 0.4) is 0 Å². The van der Waals surface area contributed by atoms with Crippen LogP contribution in [-0.4, -0.2) is 15.0 Å². The summed E-state index contributed by atoms with van der Waals surface area (Å²) >= 11 is 6.05. The summed E-state index contributed by atoms with van der Waals surface area (Å²) in [7, 11) is 0. The zero-order valence-corrected chi connectivity index (χ0v) is 9.98. The lowest BCUT2D eigenvalue weighted by Gasteiger charge is -2.05. The molecule has 0 aliphatic heterocycles. The van der Waals surface area contributed by atoms with Crippen molar-refractivity contribution in [1.82, 2.24) is 15.0 Å². The van der Waals surface area contributed by atoms with E-state index in [9.17, 15) is 4.79 Å². The maximum absolute atomic E-state index is 11.3. The summed E-state index contributed by atoms with van der Waals surface area (Å²) in [6, 6.07) is 8.47. The number of halogens is 1. The van der Waals surface area contributed by atoms with Gasteiger partial charge in [0.15, 0.2) is 5.82 Å². The summed E-state index contributed by atoms with van der Waals surface area (Å²) < 4.78 is 0. The Bertz CT molecular complexity index is 768. The molecule has 4 nitrogen and oxygen atoms in total. The zero-order valence-electron chi connectivity index (χ0n) is 9.22. The average molecular weight is 258 g/mol. The second-order valence-electron chi connectivity index (χ2n) is 3.81. The summed E-state index contributed by atoms with van der Waals surface area (Å²) in [5, 5.41) is 1.40. The first-order valence-corrected chi connectivity index (χ1v) is 5.72. The molecule has 0 saturated carbocycles. The van der Waals surface area contributed by atoms with Gasteiger partial charge in [-0.15, -0.1) is 0 Å². The van der Waals surface area contributed by atoms with Crippen molar-refractivity contribution >= 4 is 22.5 Å². The van der Waals surface area contributed by atoms with Crippen molar-refractivity contribution in [2.75, 3.05) is 0 Å². The van der Waals surface area contributed by atoms with Gasteiger partial charge in [0.25, 0.3) is 0 Å². The van der Waals surface area contributed by atoms with Gasteiger partial charge in [0.1, 0.15) is 0 Å². The Morgan fingerprint density at radius 2 is 1.89 bits per heavy atom. The number of hydrogen-bond donors (Lipinski definition) is 1. The third-order valence-corrected chi connectivity index (χ3v) is 2.83. The van der Waals surface area contributed by atoms with Gasteiger partial charge in [-0.3, -0.25) is 4.79 Å². The largest absolute Gasteiger partial charge is 0.322 e. The normalized spacial score (nSPS) is 10.7. The van der Waals surface area contributed by atoms with E-state index in [0.717, 1.165) is 10.9 Å². The van der Waals surface area contributed by atoms with Gasteiger partial charge in [-0.05, 0) is 24.3 Å². The minimum atomic E-state index is -0.162. The molecule has 3 rings (SSSR count). The fraction of sp³-hybridized carbons (Fsp3) is 0. The van der Waals surface area contributed by atoms with E-state index in [2.05, 4.69) is 15.0 Å². The van der Waals surface area contributed by atoms with Gasteiger partial charge in [0.2, 0.25) is 5.56 Å². The molecule has 0 atom stereocenters. The molecule has 0 saturated heterocycles. The van der Waals surface area contributed by atoms with E-state index in [4.69, 9.17) is 11.6 Å². The molecule has 0 radical (unpaired) electrons. The Morgan fingerprint density at radius 3 is 2.67 bits per heavy atom. The molecule has 0 unspecified atom stereocenters. The predicted octanol–water partition coefficient (Wildman–Crippen LogP) is 2.64. The minimum Gasteiger partial charge on any atom is -0.322 e. The average Bonchev–Trinajstić information content (AvgIpc) is 2.38. The molecule has 5 heteroatoms. The van der Waals surface area contributed by atoms with Crippen molar-refractivity contribution in [2.24, 2.45) is 0 Å². The summed E-state index contributed by atoms with van der Waals surface area (Å²) in [5.41, 5.74) is 1.32. The molecule has 1 N–H and O–H groups in total. The highest BCUT2D eigenvalue weighted by Crippen LogP contribution is 2.27. The topological polar surface area (TPSA) is 58.6 Å². The summed E-state index contributed by atoms with van der Waals surface area (Å²) in [5.74, 6) is 0.581. The van der Waals surface area contributed by atoms with Gasteiger partial charge in [-0.2, -0.15) is 0 Å². The van der Waals surface area contributed by atoms with Crippen molar-refractivity contribution < 1.29 is 0 Å². The van der Waals surface area contributed by atoms with Gasteiger partial charge in [-0.25, -0.2) is 9.97 Å². The van der Waals surface area contributed by atoms with Crippen molar-refractivity contribution in [2.45, 2.75) is 0 Å². The van der Waals surface area contributed by atoms with Gasteiger partial charge in [-0.1, -0.05) is 11.6 Å². The Kier molecular flexibility index (Phi) is 2.57. The second-order valence-corrected chi connectivity index (χ2v) is 4.25. The van der Waals surface area contributed by atoms with E-state index in [0.29, 0.717) is 16.4 Å². The van der Waals surface area contributed by atoms with E-state index in [1.54, 1.807) is 36.7 Å². The van der Waals surface area contributed by atoms with Crippen LogP contribution in [0.15, 0.2) is 47.5 Å². The fourth-order valence-corrected chi connectivity index (χ4v) is 2.08. The highest BCUT2D eigenvalue weighted by atomic mass is 35.5. The molecule has 88 valence electrons. The van der Waals surface area contributed by atoms with Crippen LogP contribution in [0, 0.1) is 0 Å². The lowest BCUT2D eigenvalue weighted by Crippen LogP contribution is -2.03. The number of aromatic amines is 1. The van der Waals surface area contributed by atoms with Crippen molar-refractivity contribution in [3.05, 3.63) is 58.1 Å². The lowest BCUT2D eigenvalue weighted by atomic mass is 10.1. The summed E-state index contributed by atoms with van der Waals surface area (Å²) in [6.45, 7) is 0. The number of benzene rings is 1. The van der Waals surface area contributed by atoms with Crippen LogP contribution in [-0.2, 0) is 0 Å². The molecule has 0 spiro atoms. The number of rotatable bonds is 1. The SMILES string of the molecule is O=c1ccc2c(-c3ncccn3)cc(Cl)cc2[nH]1. The molecule has 3 aromatic rings. The number of aromatic nitrogens is 3. The van der Waals surface area contributed by atoms with Gasteiger partial charge in [0.05, 0.1) is 5.52 Å². The molecular formula is C13H8ClN3O. The first-order valence-electron chi connectivity index (χ1n) is 5.34. The van der Waals surface area contributed by atoms with Crippen LogP contribution >= 0.6 is 11.6 Å². The number of hydrogen-bond acceptors (Lipinski definition) is 3. The third kappa shape index (κ3) is 1.87. The molecule has 1 aromatic carbocycles. The minimum absolute atomic E-state index is 0.162. The van der Waals surface area contributed by atoms with Crippen LogP contribution < -0.4 is 5.56 Å². The van der Waals surface area contributed by atoms with Crippen molar-refractivity contribution in [3.63, 3.8) is 0 Å². The summed E-state index contributed by atoms with van der Waals surface area (Å²) in [6.07, 6.45) is 3.33. The van der Waals surface area contributed by atoms with E-state index in [-0.39, 0.29) is 5.56 Å². The first kappa shape index (κ1) is 10.9. The highest BCUT2D eigenvalue weighted by Gasteiger charge is 2.08. The predicted molar refractivity (Wildman–Crippen MR) is 70.6 cm³/mol. The quantitative estimate of drug-likeness (QED) is 0.729. The number of pyridine rings is 1. The number of H-pyrrole nitrogens is 1. The zero-order chi connectivity index (χ0) is 12.5. The van der Waals surface area contributed by atoms with Gasteiger partial charge < -0.3 is 4.98 Å². The van der Waals surface area contributed by atoms with E-state index in [1.165, 1.54) is 6.07 Å². The van der Waals surface area contributed by atoms with Crippen LogP contribution in [0.5, 0.6) is 0 Å². The molecule has 0 fully saturated rings. The fourth-order valence-electron chi connectivity index (χ4n) is 1.86. The van der Waals surface area contributed by atoms with Crippen LogP contribution in [0.1, 0.15) is 0 Å². The molecule has 0 amide bonds. The highest BCUT2D eigenvalue weighted by molar-refractivity contribution is 6.31. The van der Waals surface area contributed by atoms with Crippen LogP contribution in [0.4, 0.5) is 0 Å². The second kappa shape index (κ2) is 4.23. The molecule has 0 aliphatic carbocycles. The van der Waals surface area contributed by atoms with Crippen LogP contribution in [0.2, 0.25) is 5.02 Å². The maximum atomic E-state index is 11.3. The molecular weight excluding hydrogens is 250 g/mol. The monoisotopic (exact) mass is 257 g/mol. The molecule has 0 bridgehead atoms. The van der Waals surface area contributed by atoms with E-state index >= 15 is 0 Å². The lowest BCUT2D eigenvalue weighted by molar-refractivity contribution is 1.18. The summed E-state index contributed by atoms with van der Waals surface area (Å²) in [4.78, 5) is 22.5. The number of fused-ring (bicyclic) bond motifs is 1. The first-order chi connectivity index (χ1) is 8.74. The Morgan fingerprint density at radius 1 is 1.11 bits per heavy atom. The Balaban J connectivity index is 2.39.